The molecule has 2 unspecified atom stereocenters. The summed E-state index contributed by atoms with van der Waals surface area (Å²) in [5.41, 5.74) is 0. The molecule has 2 fully saturated rings. The van der Waals surface area contributed by atoms with E-state index in [-0.39, 0.29) is 0 Å². The van der Waals surface area contributed by atoms with Gasteiger partial charge in [0, 0.05) is 6.54 Å². The maximum atomic E-state index is 12.3. The van der Waals surface area contributed by atoms with Gasteiger partial charge in [0.05, 0.1) is 6.67 Å². The Morgan fingerprint density at radius 3 is 2.56 bits per heavy atom. The zero-order valence-corrected chi connectivity index (χ0v) is 5.14. The fraction of sp³-hybridized carbons (Fsp3) is 1.00. The summed E-state index contributed by atoms with van der Waals surface area (Å²) < 4.78 is 24.6. The lowest BCUT2D eigenvalue weighted by molar-refractivity contribution is 0.0229. The van der Waals surface area contributed by atoms with Crippen molar-refractivity contribution in [3.05, 3.63) is 0 Å². The molecule has 0 bridgehead atoms. The predicted octanol–water partition coefficient (Wildman–Crippen LogP) is 0.166. The number of likely N-dealkylation sites (N-methyl/N-ethyl adjacent to an activating group) is 1. The standard InChI is InChI=1S/C5H8F2N2/c1-8-2-4-5(6,7)9(4)3-8/h4H,2-3H2,1H3. The third-order valence-corrected chi connectivity index (χ3v) is 1.97. The molecule has 4 heteroatoms. The second-order valence-corrected chi connectivity index (χ2v) is 2.75. The summed E-state index contributed by atoms with van der Waals surface area (Å²) in [6.45, 7) is 0.949. The van der Waals surface area contributed by atoms with E-state index in [4.69, 9.17) is 0 Å². The van der Waals surface area contributed by atoms with Crippen LogP contribution in [0.15, 0.2) is 0 Å². The number of nitrogens with zero attached hydrogens (tertiary/aromatic N) is 2. The van der Waals surface area contributed by atoms with E-state index >= 15 is 0 Å². The van der Waals surface area contributed by atoms with Gasteiger partial charge in [-0.3, -0.25) is 4.90 Å². The first-order valence-corrected chi connectivity index (χ1v) is 2.95. The molecule has 2 rings (SSSR count). The van der Waals surface area contributed by atoms with Crippen LogP contribution < -0.4 is 0 Å². The fourth-order valence-corrected chi connectivity index (χ4v) is 1.36. The molecule has 2 nitrogen and oxygen atoms in total. The number of alkyl halides is 2. The van der Waals surface area contributed by atoms with Gasteiger partial charge in [0.1, 0.15) is 6.04 Å². The van der Waals surface area contributed by atoms with Crippen LogP contribution in [0, 0.1) is 0 Å². The van der Waals surface area contributed by atoms with Crippen LogP contribution in [0.4, 0.5) is 8.78 Å². The van der Waals surface area contributed by atoms with Gasteiger partial charge in [-0.25, -0.2) is 4.90 Å². The monoisotopic (exact) mass is 134 g/mol. The molecule has 0 amide bonds. The van der Waals surface area contributed by atoms with Gasteiger partial charge >= 0.3 is 6.05 Å². The van der Waals surface area contributed by atoms with Crippen molar-refractivity contribution >= 4 is 0 Å². The molecule has 2 saturated heterocycles. The second kappa shape index (κ2) is 1.27. The Balaban J connectivity index is 2.06. The van der Waals surface area contributed by atoms with Crippen LogP contribution in [-0.4, -0.2) is 42.1 Å². The molecule has 2 aliphatic heterocycles. The van der Waals surface area contributed by atoms with Crippen molar-refractivity contribution < 1.29 is 8.78 Å². The maximum absolute atomic E-state index is 12.3. The first-order chi connectivity index (χ1) is 4.12. The van der Waals surface area contributed by atoms with Crippen LogP contribution in [-0.2, 0) is 0 Å². The van der Waals surface area contributed by atoms with E-state index in [1.54, 1.807) is 0 Å². The topological polar surface area (TPSA) is 6.25 Å². The summed E-state index contributed by atoms with van der Waals surface area (Å²) in [5, 5.41) is 0. The minimum absolute atomic E-state index is 0.428. The molecular weight excluding hydrogens is 126 g/mol. The molecule has 2 heterocycles. The number of rotatable bonds is 0. The average Bonchev–Trinajstić information content (AvgIpc) is 2.27. The van der Waals surface area contributed by atoms with Crippen molar-refractivity contribution in [2.24, 2.45) is 0 Å². The van der Waals surface area contributed by atoms with Crippen molar-refractivity contribution in [2.75, 3.05) is 20.3 Å². The molecule has 0 radical (unpaired) electrons. The molecule has 2 aliphatic rings. The average molecular weight is 134 g/mol. The highest BCUT2D eigenvalue weighted by molar-refractivity contribution is 5.07. The van der Waals surface area contributed by atoms with E-state index in [9.17, 15) is 8.78 Å². The number of halogens is 2. The zero-order valence-electron chi connectivity index (χ0n) is 5.14. The highest BCUT2D eigenvalue weighted by Gasteiger charge is 2.69. The molecule has 0 spiro atoms. The molecule has 0 aromatic rings. The third kappa shape index (κ3) is 0.548. The Morgan fingerprint density at radius 1 is 1.56 bits per heavy atom. The third-order valence-electron chi connectivity index (χ3n) is 1.97. The van der Waals surface area contributed by atoms with E-state index in [0.29, 0.717) is 13.2 Å². The van der Waals surface area contributed by atoms with Gasteiger partial charge in [-0.05, 0) is 7.05 Å². The first kappa shape index (κ1) is 5.56. The summed E-state index contributed by atoms with van der Waals surface area (Å²) in [6.07, 6.45) is 0. The van der Waals surface area contributed by atoms with Crippen molar-refractivity contribution in [2.45, 2.75) is 12.1 Å². The lowest BCUT2D eigenvalue weighted by Crippen LogP contribution is -2.26. The summed E-state index contributed by atoms with van der Waals surface area (Å²) in [6, 6.07) is -2.94. The summed E-state index contributed by atoms with van der Waals surface area (Å²) in [7, 11) is 1.85. The van der Waals surface area contributed by atoms with E-state index < -0.39 is 12.1 Å². The minimum atomic E-state index is -2.47. The zero-order chi connectivity index (χ0) is 6.65. The highest BCUT2D eigenvalue weighted by atomic mass is 19.3. The Hall–Kier alpha value is -0.220. The molecule has 0 aromatic heterocycles. The van der Waals surface area contributed by atoms with Gasteiger partial charge in [-0.1, -0.05) is 0 Å². The van der Waals surface area contributed by atoms with Gasteiger partial charge in [-0.2, -0.15) is 8.78 Å². The molecule has 9 heavy (non-hydrogen) atoms. The molecule has 0 saturated carbocycles. The van der Waals surface area contributed by atoms with Gasteiger partial charge in [0.25, 0.3) is 0 Å². The molecule has 2 atom stereocenters. The number of hydrogen-bond donors (Lipinski definition) is 0. The molecule has 52 valence electrons. The van der Waals surface area contributed by atoms with Crippen LogP contribution in [0.5, 0.6) is 0 Å². The lowest BCUT2D eigenvalue weighted by atomic mass is 10.4. The van der Waals surface area contributed by atoms with E-state index in [2.05, 4.69) is 0 Å². The summed E-state index contributed by atoms with van der Waals surface area (Å²) in [4.78, 5) is 3.09. The molecule has 0 aromatic carbocycles. The van der Waals surface area contributed by atoms with Gasteiger partial charge in [-0.15, -0.1) is 0 Å². The quantitative estimate of drug-likeness (QED) is 0.344. The fourth-order valence-electron chi connectivity index (χ4n) is 1.36. The Kier molecular flexibility index (Phi) is 0.784. The van der Waals surface area contributed by atoms with Crippen LogP contribution >= 0.6 is 0 Å². The SMILES string of the molecule is CN1CC2N(C1)C2(F)F. The number of hydrogen-bond acceptors (Lipinski definition) is 2. The Bertz CT molecular complexity index is 134. The van der Waals surface area contributed by atoms with Crippen LogP contribution in [0.1, 0.15) is 0 Å². The van der Waals surface area contributed by atoms with E-state index in [1.807, 2.05) is 11.9 Å². The van der Waals surface area contributed by atoms with E-state index in [0.717, 1.165) is 0 Å². The summed E-state index contributed by atoms with van der Waals surface area (Å²) >= 11 is 0. The van der Waals surface area contributed by atoms with Crippen LogP contribution in [0.2, 0.25) is 0 Å². The van der Waals surface area contributed by atoms with Crippen LogP contribution in [0.3, 0.4) is 0 Å². The number of fused-ring (bicyclic) bond motifs is 1. The second-order valence-electron chi connectivity index (χ2n) is 2.75. The predicted molar refractivity (Wildman–Crippen MR) is 28.1 cm³/mol. The summed E-state index contributed by atoms with van der Waals surface area (Å²) in [5.74, 6) is 0. The van der Waals surface area contributed by atoms with Gasteiger partial charge in [0.15, 0.2) is 0 Å². The van der Waals surface area contributed by atoms with E-state index in [1.165, 1.54) is 4.90 Å². The first-order valence-electron chi connectivity index (χ1n) is 2.95. The largest absolute Gasteiger partial charge is 0.323 e. The van der Waals surface area contributed by atoms with Crippen molar-refractivity contribution in [1.82, 2.24) is 9.80 Å². The Labute approximate surface area is 52.0 Å². The highest BCUT2D eigenvalue weighted by Crippen LogP contribution is 2.47. The molecular formula is C5H8F2N2. The smallest absolute Gasteiger partial charge is 0.291 e. The normalized spacial score (nSPS) is 47.0. The lowest BCUT2D eigenvalue weighted by Gasteiger charge is -2.10. The molecule has 0 aliphatic carbocycles. The Morgan fingerprint density at radius 2 is 2.22 bits per heavy atom. The van der Waals surface area contributed by atoms with Crippen LogP contribution in [0.25, 0.3) is 0 Å². The maximum Gasteiger partial charge on any atom is 0.323 e. The van der Waals surface area contributed by atoms with Gasteiger partial charge < -0.3 is 0 Å². The van der Waals surface area contributed by atoms with Crippen molar-refractivity contribution in [1.29, 1.82) is 0 Å². The minimum Gasteiger partial charge on any atom is -0.291 e. The molecule has 0 N–H and O–H groups in total. The van der Waals surface area contributed by atoms with Gasteiger partial charge in [0.2, 0.25) is 0 Å². The van der Waals surface area contributed by atoms with Crippen molar-refractivity contribution in [3.8, 4) is 0 Å². The van der Waals surface area contributed by atoms with Crippen molar-refractivity contribution in [3.63, 3.8) is 0 Å².